The molecule has 2 rings (SSSR count). The lowest BCUT2D eigenvalue weighted by atomic mass is 9.89. The molecular weight excluding hydrogens is 235 g/mol. The van der Waals surface area contributed by atoms with Crippen molar-refractivity contribution in [2.75, 3.05) is 0 Å². The van der Waals surface area contributed by atoms with E-state index >= 15 is 0 Å². The third-order valence-corrected chi connectivity index (χ3v) is 3.96. The molecule has 0 spiro atoms. The van der Waals surface area contributed by atoms with Crippen molar-refractivity contribution in [3.8, 4) is 0 Å². The van der Waals surface area contributed by atoms with Crippen LogP contribution in [0.15, 0.2) is 24.2 Å². The Morgan fingerprint density at radius 1 is 0.895 bits per heavy atom. The maximum absolute atomic E-state index is 5.94. The zero-order chi connectivity index (χ0) is 14.3. The van der Waals surface area contributed by atoms with E-state index < -0.39 is 0 Å². The van der Waals surface area contributed by atoms with Gasteiger partial charge in [-0.2, -0.15) is 0 Å². The maximum Gasteiger partial charge on any atom is 0.487 e. The molecule has 1 saturated heterocycles. The van der Waals surface area contributed by atoms with Crippen LogP contribution >= 0.6 is 0 Å². The third-order valence-electron chi connectivity index (χ3n) is 3.96. The Kier molecular flexibility index (Phi) is 3.63. The molecule has 1 heterocycles. The molecule has 0 amide bonds. The molecule has 0 aliphatic carbocycles. The highest BCUT2D eigenvalue weighted by atomic mass is 16.7. The van der Waals surface area contributed by atoms with Crippen LogP contribution in [0.3, 0.4) is 0 Å². The monoisotopic (exact) mass is 258 g/mol. The van der Waals surface area contributed by atoms with Crippen LogP contribution in [-0.4, -0.2) is 18.3 Å². The van der Waals surface area contributed by atoms with Crippen molar-refractivity contribution < 1.29 is 9.31 Å². The van der Waals surface area contributed by atoms with Crippen molar-refractivity contribution >= 4 is 13.2 Å². The number of aryl methyl sites for hydroxylation is 2. The predicted molar refractivity (Wildman–Crippen MR) is 81.0 cm³/mol. The number of hydrogen-bond acceptors (Lipinski definition) is 2. The molecule has 0 atom stereocenters. The average molecular weight is 258 g/mol. The fourth-order valence-electron chi connectivity index (χ4n) is 2.26. The van der Waals surface area contributed by atoms with Crippen molar-refractivity contribution in [3.05, 3.63) is 40.9 Å². The lowest BCUT2D eigenvalue weighted by Crippen LogP contribution is -2.41. The van der Waals surface area contributed by atoms with Crippen LogP contribution in [0.5, 0.6) is 0 Å². The molecule has 1 aromatic carbocycles. The van der Waals surface area contributed by atoms with Crippen LogP contribution in [0.4, 0.5) is 0 Å². The van der Waals surface area contributed by atoms with E-state index in [9.17, 15) is 0 Å². The van der Waals surface area contributed by atoms with Gasteiger partial charge in [-0.25, -0.2) is 0 Å². The largest absolute Gasteiger partial charge is 0.487 e. The molecule has 0 radical (unpaired) electrons. The van der Waals surface area contributed by atoms with Crippen molar-refractivity contribution in [3.63, 3.8) is 0 Å². The standard InChI is InChI=1S/C16H23BO2/c1-12-9-13(2)11-14(10-12)7-8-17-18-15(3,4)16(5,6)19-17/h7-11H,1-6H3/b8-7+. The topological polar surface area (TPSA) is 18.5 Å². The molecule has 2 nitrogen and oxygen atoms in total. The summed E-state index contributed by atoms with van der Waals surface area (Å²) in [6.45, 7) is 12.5. The van der Waals surface area contributed by atoms with Gasteiger partial charge in [0.15, 0.2) is 0 Å². The average Bonchev–Trinajstić information content (AvgIpc) is 2.43. The van der Waals surface area contributed by atoms with Gasteiger partial charge >= 0.3 is 7.12 Å². The van der Waals surface area contributed by atoms with Gasteiger partial charge in [-0.05, 0) is 47.1 Å². The second kappa shape index (κ2) is 4.80. The molecule has 1 aliphatic rings. The highest BCUT2D eigenvalue weighted by Crippen LogP contribution is 2.37. The molecule has 0 N–H and O–H groups in total. The van der Waals surface area contributed by atoms with Gasteiger partial charge in [0.2, 0.25) is 0 Å². The molecule has 1 aliphatic heterocycles. The van der Waals surface area contributed by atoms with Crippen molar-refractivity contribution in [1.82, 2.24) is 0 Å². The molecule has 19 heavy (non-hydrogen) atoms. The molecule has 0 bridgehead atoms. The second-order valence-electron chi connectivity index (χ2n) is 6.40. The summed E-state index contributed by atoms with van der Waals surface area (Å²) in [6.07, 6.45) is 2.07. The minimum Gasteiger partial charge on any atom is -0.400 e. The van der Waals surface area contributed by atoms with E-state index in [-0.39, 0.29) is 18.3 Å². The molecule has 0 unspecified atom stereocenters. The van der Waals surface area contributed by atoms with E-state index in [2.05, 4.69) is 65.8 Å². The lowest BCUT2D eigenvalue weighted by Gasteiger charge is -2.32. The van der Waals surface area contributed by atoms with Gasteiger partial charge in [-0.1, -0.05) is 41.4 Å². The van der Waals surface area contributed by atoms with Gasteiger partial charge in [-0.3, -0.25) is 0 Å². The minimum atomic E-state index is -0.273. The summed E-state index contributed by atoms with van der Waals surface area (Å²) in [7, 11) is -0.272. The number of benzene rings is 1. The summed E-state index contributed by atoms with van der Waals surface area (Å²) in [6, 6.07) is 6.50. The van der Waals surface area contributed by atoms with Crippen LogP contribution in [0.25, 0.3) is 6.08 Å². The molecule has 1 aromatic rings. The predicted octanol–water partition coefficient (Wildman–Crippen LogP) is 3.95. The first-order valence-corrected chi connectivity index (χ1v) is 6.82. The first kappa shape index (κ1) is 14.4. The maximum atomic E-state index is 5.94. The Hall–Kier alpha value is -1.06. The van der Waals surface area contributed by atoms with Gasteiger partial charge in [0, 0.05) is 0 Å². The van der Waals surface area contributed by atoms with E-state index in [0.717, 1.165) is 0 Å². The van der Waals surface area contributed by atoms with E-state index in [1.54, 1.807) is 0 Å². The van der Waals surface area contributed by atoms with Crippen molar-refractivity contribution in [2.45, 2.75) is 52.7 Å². The minimum absolute atomic E-state index is 0.272. The third kappa shape index (κ3) is 3.10. The van der Waals surface area contributed by atoms with E-state index in [0.29, 0.717) is 0 Å². The first-order valence-electron chi connectivity index (χ1n) is 6.82. The highest BCUT2D eigenvalue weighted by Gasteiger charge is 2.49. The van der Waals surface area contributed by atoms with Gasteiger partial charge < -0.3 is 9.31 Å². The molecule has 1 fully saturated rings. The quantitative estimate of drug-likeness (QED) is 0.748. The van der Waals surface area contributed by atoms with Crippen LogP contribution in [-0.2, 0) is 9.31 Å². The smallest absolute Gasteiger partial charge is 0.400 e. The molecule has 0 saturated carbocycles. The van der Waals surface area contributed by atoms with Crippen LogP contribution in [0.2, 0.25) is 0 Å². The zero-order valence-corrected chi connectivity index (χ0v) is 12.8. The van der Waals surface area contributed by atoms with Gasteiger partial charge in [-0.15, -0.1) is 0 Å². The lowest BCUT2D eigenvalue weighted by molar-refractivity contribution is 0.00578. The summed E-state index contributed by atoms with van der Waals surface area (Å²) in [4.78, 5) is 0. The Balaban J connectivity index is 2.12. The molecule has 0 aromatic heterocycles. The normalized spacial score (nSPS) is 21.3. The molecule has 3 heteroatoms. The Morgan fingerprint density at radius 2 is 1.37 bits per heavy atom. The van der Waals surface area contributed by atoms with Crippen LogP contribution < -0.4 is 0 Å². The Bertz CT molecular complexity index is 467. The van der Waals surface area contributed by atoms with Crippen molar-refractivity contribution in [1.29, 1.82) is 0 Å². The van der Waals surface area contributed by atoms with Gasteiger partial charge in [0.05, 0.1) is 11.2 Å². The fraction of sp³-hybridized carbons (Fsp3) is 0.500. The molecular formula is C16H23BO2. The Morgan fingerprint density at radius 3 is 1.84 bits per heavy atom. The highest BCUT2D eigenvalue weighted by molar-refractivity contribution is 6.52. The first-order chi connectivity index (χ1) is 8.69. The van der Waals surface area contributed by atoms with Crippen LogP contribution in [0, 0.1) is 13.8 Å². The van der Waals surface area contributed by atoms with E-state index in [4.69, 9.17) is 9.31 Å². The van der Waals surface area contributed by atoms with E-state index in [1.165, 1.54) is 16.7 Å². The summed E-state index contributed by atoms with van der Waals surface area (Å²) >= 11 is 0. The summed E-state index contributed by atoms with van der Waals surface area (Å²) < 4.78 is 11.9. The number of rotatable bonds is 2. The molecule has 102 valence electrons. The van der Waals surface area contributed by atoms with Crippen molar-refractivity contribution in [2.24, 2.45) is 0 Å². The fourth-order valence-corrected chi connectivity index (χ4v) is 2.26. The SMILES string of the molecule is Cc1cc(C)cc(/C=C/B2OC(C)(C)C(C)(C)O2)c1. The van der Waals surface area contributed by atoms with Crippen LogP contribution in [0.1, 0.15) is 44.4 Å². The zero-order valence-electron chi connectivity index (χ0n) is 12.8. The Labute approximate surface area is 117 Å². The number of hydrogen-bond donors (Lipinski definition) is 0. The van der Waals surface area contributed by atoms with E-state index in [1.807, 2.05) is 5.98 Å². The summed E-state index contributed by atoms with van der Waals surface area (Å²) in [5.74, 6) is 1.99. The second-order valence-corrected chi connectivity index (χ2v) is 6.40. The summed E-state index contributed by atoms with van der Waals surface area (Å²) in [5, 5.41) is 0. The van der Waals surface area contributed by atoms with Gasteiger partial charge in [0.25, 0.3) is 0 Å². The van der Waals surface area contributed by atoms with Gasteiger partial charge in [0.1, 0.15) is 0 Å². The summed E-state index contributed by atoms with van der Waals surface area (Å²) in [5.41, 5.74) is 3.18.